The molecule has 3 aromatic rings. The first kappa shape index (κ1) is 17.4. The van der Waals surface area contributed by atoms with Crippen molar-refractivity contribution in [1.82, 2.24) is 25.0 Å². The fourth-order valence-electron chi connectivity index (χ4n) is 3.51. The van der Waals surface area contributed by atoms with E-state index < -0.39 is 5.54 Å². The summed E-state index contributed by atoms with van der Waals surface area (Å²) in [5.74, 6) is 1.68. The monoisotopic (exact) mass is 371 g/mol. The van der Waals surface area contributed by atoms with E-state index in [1.165, 1.54) is 10.9 Å². The lowest BCUT2D eigenvalue weighted by Crippen LogP contribution is -2.35. The molecule has 1 aliphatic heterocycles. The van der Waals surface area contributed by atoms with Crippen molar-refractivity contribution in [2.75, 3.05) is 18.0 Å². The van der Waals surface area contributed by atoms with Crippen molar-refractivity contribution >= 4 is 27.4 Å². The van der Waals surface area contributed by atoms with Gasteiger partial charge in [-0.15, -0.1) is 16.4 Å². The number of piperidine rings is 1. The number of hydrogen-bond acceptors (Lipinski definition) is 7. The number of nitrogens with zero attached hydrogens (tertiary/aromatic N) is 6. The molecule has 138 valence electrons. The second-order valence-corrected chi connectivity index (χ2v) is 8.63. The molecule has 1 saturated heterocycles. The average molecular weight is 372 g/mol. The van der Waals surface area contributed by atoms with Crippen LogP contribution < -0.4 is 10.6 Å². The molecule has 4 rings (SSSR count). The zero-order valence-corrected chi connectivity index (χ0v) is 16.3. The van der Waals surface area contributed by atoms with Crippen LogP contribution in [0.3, 0.4) is 0 Å². The summed E-state index contributed by atoms with van der Waals surface area (Å²) in [6.07, 6.45) is 5.91. The van der Waals surface area contributed by atoms with Gasteiger partial charge in [-0.2, -0.15) is 0 Å². The topological polar surface area (TPSA) is 85.8 Å². The second-order valence-electron chi connectivity index (χ2n) is 7.77. The Morgan fingerprint density at radius 2 is 2.04 bits per heavy atom. The summed E-state index contributed by atoms with van der Waals surface area (Å²) in [6, 6.07) is 0. The van der Waals surface area contributed by atoms with Crippen LogP contribution in [-0.4, -0.2) is 38.1 Å². The number of anilines is 1. The normalized spacial score (nSPS) is 16.5. The zero-order valence-electron chi connectivity index (χ0n) is 15.5. The zero-order chi connectivity index (χ0) is 18.3. The molecule has 4 heterocycles. The van der Waals surface area contributed by atoms with Gasteiger partial charge in [0.1, 0.15) is 22.7 Å². The van der Waals surface area contributed by atoms with Crippen molar-refractivity contribution in [3.05, 3.63) is 29.2 Å². The average Bonchev–Trinajstić information content (AvgIpc) is 3.23. The molecule has 26 heavy (non-hydrogen) atoms. The summed E-state index contributed by atoms with van der Waals surface area (Å²) >= 11 is 1.69. The molecule has 0 bridgehead atoms. The highest BCUT2D eigenvalue weighted by Crippen LogP contribution is 2.33. The minimum atomic E-state index is -0.446. The lowest BCUT2D eigenvalue weighted by Gasteiger charge is -2.33. The molecule has 0 saturated carbocycles. The van der Waals surface area contributed by atoms with Crippen LogP contribution in [0, 0.1) is 12.8 Å². The summed E-state index contributed by atoms with van der Waals surface area (Å²) in [4.78, 5) is 12.5. The van der Waals surface area contributed by atoms with Crippen LogP contribution in [0.1, 0.15) is 37.9 Å². The molecule has 0 atom stereocenters. The molecular formula is C18H25N7S. The third-order valence-corrected chi connectivity index (χ3v) is 6.10. The van der Waals surface area contributed by atoms with Gasteiger partial charge in [0.25, 0.3) is 0 Å². The largest absolute Gasteiger partial charge is 0.356 e. The van der Waals surface area contributed by atoms with E-state index in [9.17, 15) is 0 Å². The van der Waals surface area contributed by atoms with E-state index in [0.717, 1.165) is 48.8 Å². The summed E-state index contributed by atoms with van der Waals surface area (Å²) in [7, 11) is 0. The number of hydrogen-bond donors (Lipinski definition) is 1. The molecule has 2 N–H and O–H groups in total. The number of fused-ring (bicyclic) bond motifs is 1. The van der Waals surface area contributed by atoms with Crippen molar-refractivity contribution < 1.29 is 0 Å². The van der Waals surface area contributed by atoms with E-state index in [2.05, 4.69) is 37.5 Å². The van der Waals surface area contributed by atoms with Gasteiger partial charge in [-0.05, 0) is 50.5 Å². The van der Waals surface area contributed by atoms with Gasteiger partial charge in [0.2, 0.25) is 0 Å². The summed E-state index contributed by atoms with van der Waals surface area (Å²) < 4.78 is 1.94. The van der Waals surface area contributed by atoms with E-state index >= 15 is 0 Å². The minimum Gasteiger partial charge on any atom is -0.356 e. The van der Waals surface area contributed by atoms with Crippen molar-refractivity contribution in [1.29, 1.82) is 0 Å². The van der Waals surface area contributed by atoms with Gasteiger partial charge in [0, 0.05) is 19.6 Å². The summed E-state index contributed by atoms with van der Waals surface area (Å²) in [5, 5.41) is 11.8. The molecule has 0 aliphatic carbocycles. The van der Waals surface area contributed by atoms with Gasteiger partial charge in [-0.1, -0.05) is 5.21 Å². The van der Waals surface area contributed by atoms with Crippen LogP contribution in [-0.2, 0) is 12.1 Å². The highest BCUT2D eigenvalue weighted by Gasteiger charge is 2.24. The highest BCUT2D eigenvalue weighted by atomic mass is 32.1. The molecule has 3 aromatic heterocycles. The van der Waals surface area contributed by atoms with Gasteiger partial charge < -0.3 is 10.6 Å². The molecule has 7 nitrogen and oxygen atoms in total. The van der Waals surface area contributed by atoms with Gasteiger partial charge >= 0.3 is 0 Å². The Balaban J connectivity index is 1.43. The molecule has 1 aliphatic rings. The number of rotatable bonds is 4. The Morgan fingerprint density at radius 1 is 1.27 bits per heavy atom. The van der Waals surface area contributed by atoms with Gasteiger partial charge in [0.05, 0.1) is 17.1 Å². The number of nitrogens with two attached hydrogens (primary N) is 1. The van der Waals surface area contributed by atoms with Crippen LogP contribution in [0.15, 0.2) is 17.9 Å². The molecule has 1 fully saturated rings. The number of aryl methyl sites for hydroxylation is 1. The lowest BCUT2D eigenvalue weighted by atomic mass is 9.96. The first-order valence-electron chi connectivity index (χ1n) is 9.05. The van der Waals surface area contributed by atoms with Crippen molar-refractivity contribution in [3.63, 3.8) is 0 Å². The SMILES string of the molecule is Cc1csc2ncnc(N3CCC(Cn4cc(C(C)(C)N)nn4)CC3)c12. The van der Waals surface area contributed by atoms with Crippen molar-refractivity contribution in [2.24, 2.45) is 11.7 Å². The number of thiophene rings is 1. The summed E-state index contributed by atoms with van der Waals surface area (Å²) in [5.41, 5.74) is 7.76. The maximum Gasteiger partial charge on any atom is 0.141 e. The Bertz CT molecular complexity index is 900. The van der Waals surface area contributed by atoms with Crippen LogP contribution in [0.4, 0.5) is 5.82 Å². The molecule has 0 aromatic carbocycles. The minimum absolute atomic E-state index is 0.446. The predicted molar refractivity (Wildman–Crippen MR) is 104 cm³/mol. The Labute approximate surface area is 157 Å². The van der Waals surface area contributed by atoms with E-state index in [-0.39, 0.29) is 0 Å². The van der Waals surface area contributed by atoms with Crippen LogP contribution in [0.5, 0.6) is 0 Å². The lowest BCUT2D eigenvalue weighted by molar-refractivity contribution is 0.338. The molecular weight excluding hydrogens is 346 g/mol. The van der Waals surface area contributed by atoms with E-state index in [1.54, 1.807) is 17.7 Å². The molecule has 0 radical (unpaired) electrons. The van der Waals surface area contributed by atoms with Crippen LogP contribution in [0.2, 0.25) is 0 Å². The maximum absolute atomic E-state index is 6.10. The first-order valence-corrected chi connectivity index (χ1v) is 9.93. The first-order chi connectivity index (χ1) is 12.4. The van der Waals surface area contributed by atoms with Gasteiger partial charge in [-0.25, -0.2) is 9.97 Å². The molecule has 8 heteroatoms. The Morgan fingerprint density at radius 3 is 2.73 bits per heavy atom. The second kappa shape index (κ2) is 6.59. The highest BCUT2D eigenvalue weighted by molar-refractivity contribution is 7.17. The third-order valence-electron chi connectivity index (χ3n) is 5.09. The smallest absolute Gasteiger partial charge is 0.141 e. The van der Waals surface area contributed by atoms with E-state index in [1.807, 2.05) is 24.7 Å². The van der Waals surface area contributed by atoms with Crippen molar-refractivity contribution in [3.8, 4) is 0 Å². The molecule has 0 amide bonds. The fraction of sp³-hybridized carbons (Fsp3) is 0.556. The predicted octanol–water partition coefficient (Wildman–Crippen LogP) is 2.70. The van der Waals surface area contributed by atoms with Gasteiger partial charge in [0.15, 0.2) is 0 Å². The Kier molecular flexibility index (Phi) is 4.40. The molecule has 0 spiro atoms. The molecule has 0 unspecified atom stereocenters. The van der Waals surface area contributed by atoms with Gasteiger partial charge in [-0.3, -0.25) is 4.68 Å². The fourth-order valence-corrected chi connectivity index (χ4v) is 4.40. The maximum atomic E-state index is 6.10. The quantitative estimate of drug-likeness (QED) is 0.759. The van der Waals surface area contributed by atoms with E-state index in [4.69, 9.17) is 5.73 Å². The Hall–Kier alpha value is -2.06. The van der Waals surface area contributed by atoms with Crippen LogP contribution in [0.25, 0.3) is 10.2 Å². The summed E-state index contributed by atoms with van der Waals surface area (Å²) in [6.45, 7) is 8.96. The standard InChI is InChI=1S/C18H25N7S/c1-12-10-26-17-15(12)16(20-11-21-17)24-6-4-13(5-7-24)8-25-9-14(22-23-25)18(2,3)19/h9-11,13H,4-8,19H2,1-3H3. The third kappa shape index (κ3) is 3.31. The van der Waals surface area contributed by atoms with Crippen LogP contribution >= 0.6 is 11.3 Å². The number of aromatic nitrogens is 5. The van der Waals surface area contributed by atoms with Crippen molar-refractivity contribution in [2.45, 2.75) is 45.7 Å². The van der Waals surface area contributed by atoms with E-state index in [0.29, 0.717) is 5.92 Å².